The second-order valence-electron chi connectivity index (χ2n) is 6.79. The van der Waals surface area contributed by atoms with Crippen LogP contribution in [0.15, 0.2) is 41.7 Å². The monoisotopic (exact) mass is 382 g/mol. The Labute approximate surface area is 154 Å². The zero-order chi connectivity index (χ0) is 20.0. The first-order valence-corrected chi connectivity index (χ1v) is 9.66. The lowest BCUT2D eigenvalue weighted by atomic mass is 10.2. The van der Waals surface area contributed by atoms with Crippen molar-refractivity contribution in [2.75, 3.05) is 0 Å². The summed E-state index contributed by atoms with van der Waals surface area (Å²) in [5.41, 5.74) is 1.41. The number of hydrogen-bond acceptors (Lipinski definition) is 5. The molecule has 2 aromatic rings. The van der Waals surface area contributed by atoms with Crippen molar-refractivity contribution in [3.63, 3.8) is 0 Å². The first-order chi connectivity index (χ1) is 11.9. The zero-order valence-electron chi connectivity index (χ0n) is 15.8. The van der Waals surface area contributed by atoms with Crippen LogP contribution in [-0.4, -0.2) is 34.2 Å². The van der Waals surface area contributed by atoms with E-state index in [0.29, 0.717) is 0 Å². The fourth-order valence-electron chi connectivity index (χ4n) is 1.87. The van der Waals surface area contributed by atoms with E-state index in [1.807, 2.05) is 27.7 Å². The van der Waals surface area contributed by atoms with Crippen molar-refractivity contribution in [3.05, 3.63) is 48.0 Å². The van der Waals surface area contributed by atoms with Crippen LogP contribution in [0.25, 0.3) is 0 Å². The van der Waals surface area contributed by atoms with Gasteiger partial charge in [-0.05, 0) is 46.2 Å². The molecule has 0 saturated carbocycles. The standard InChI is InChI=1S/C11H18N2O2.C7H8O3S/c1-5-6-9-7-13(8-12-9)10(14)15-11(2,3)4;1-6-2-4-7(5-3-6)11(8,9)10/h7-8H,5-6H2,1-4H3;2-5H,1H3,(H,8,9,10). The molecule has 0 amide bonds. The van der Waals surface area contributed by atoms with Gasteiger partial charge in [0.15, 0.2) is 0 Å². The molecule has 0 unspecified atom stereocenters. The average molecular weight is 382 g/mol. The van der Waals surface area contributed by atoms with Crippen LogP contribution in [0.4, 0.5) is 4.79 Å². The van der Waals surface area contributed by atoms with Gasteiger partial charge in [0.25, 0.3) is 10.1 Å². The molecule has 0 aliphatic carbocycles. The van der Waals surface area contributed by atoms with Gasteiger partial charge < -0.3 is 4.74 Å². The Morgan fingerprint density at radius 1 is 1.23 bits per heavy atom. The number of rotatable bonds is 3. The highest BCUT2D eigenvalue weighted by molar-refractivity contribution is 7.85. The smallest absolute Gasteiger partial charge is 0.419 e. The molecule has 7 nitrogen and oxygen atoms in total. The Bertz CT molecular complexity index is 818. The van der Waals surface area contributed by atoms with Gasteiger partial charge in [-0.25, -0.2) is 14.3 Å². The Balaban J connectivity index is 0.000000273. The SMILES string of the molecule is CCCc1cn(C(=O)OC(C)(C)C)cn1.Cc1ccc(S(=O)(=O)O)cc1. The number of aryl methyl sites for hydroxylation is 2. The van der Waals surface area contributed by atoms with E-state index in [-0.39, 0.29) is 11.0 Å². The summed E-state index contributed by atoms with van der Waals surface area (Å²) in [5, 5.41) is 0. The highest BCUT2D eigenvalue weighted by atomic mass is 32.2. The van der Waals surface area contributed by atoms with Gasteiger partial charge >= 0.3 is 6.09 Å². The van der Waals surface area contributed by atoms with E-state index in [9.17, 15) is 13.2 Å². The number of nitrogens with zero attached hydrogens (tertiary/aromatic N) is 2. The molecule has 0 bridgehead atoms. The van der Waals surface area contributed by atoms with E-state index >= 15 is 0 Å². The van der Waals surface area contributed by atoms with Crippen molar-refractivity contribution >= 4 is 16.2 Å². The van der Waals surface area contributed by atoms with Crippen LogP contribution in [0.3, 0.4) is 0 Å². The van der Waals surface area contributed by atoms with E-state index in [1.165, 1.54) is 23.0 Å². The van der Waals surface area contributed by atoms with E-state index < -0.39 is 15.7 Å². The number of hydrogen-bond donors (Lipinski definition) is 1. The van der Waals surface area contributed by atoms with Gasteiger partial charge in [0, 0.05) is 6.20 Å². The molecule has 0 fully saturated rings. The maximum absolute atomic E-state index is 11.6. The van der Waals surface area contributed by atoms with Crippen molar-refractivity contribution in [3.8, 4) is 0 Å². The van der Waals surface area contributed by atoms with Gasteiger partial charge in [-0.15, -0.1) is 0 Å². The Hall–Kier alpha value is -2.19. The van der Waals surface area contributed by atoms with Crippen molar-refractivity contribution in [1.82, 2.24) is 9.55 Å². The summed E-state index contributed by atoms with van der Waals surface area (Å²) >= 11 is 0. The maximum Gasteiger partial charge on any atom is 0.419 e. The molecule has 26 heavy (non-hydrogen) atoms. The van der Waals surface area contributed by atoms with Crippen LogP contribution in [0, 0.1) is 6.92 Å². The lowest BCUT2D eigenvalue weighted by Gasteiger charge is -2.19. The Morgan fingerprint density at radius 2 is 1.81 bits per heavy atom. The lowest BCUT2D eigenvalue weighted by Crippen LogP contribution is -2.26. The molecule has 8 heteroatoms. The molecule has 1 N–H and O–H groups in total. The fraction of sp³-hybridized carbons (Fsp3) is 0.444. The van der Waals surface area contributed by atoms with Crippen molar-refractivity contribution < 1.29 is 22.5 Å². The molecule has 1 aromatic carbocycles. The molecule has 0 aliphatic heterocycles. The molecule has 0 aliphatic rings. The summed E-state index contributed by atoms with van der Waals surface area (Å²) < 4.78 is 36.1. The summed E-state index contributed by atoms with van der Waals surface area (Å²) in [5.74, 6) is 0. The first-order valence-electron chi connectivity index (χ1n) is 8.22. The zero-order valence-corrected chi connectivity index (χ0v) is 16.6. The Morgan fingerprint density at radius 3 is 2.27 bits per heavy atom. The minimum Gasteiger partial charge on any atom is -0.443 e. The van der Waals surface area contributed by atoms with Crippen LogP contribution < -0.4 is 0 Å². The van der Waals surface area contributed by atoms with Gasteiger partial charge in [0.1, 0.15) is 11.9 Å². The lowest BCUT2D eigenvalue weighted by molar-refractivity contribution is 0.0536. The summed E-state index contributed by atoms with van der Waals surface area (Å²) in [6.07, 6.45) is 4.75. The molecule has 0 radical (unpaired) electrons. The third-order valence-electron chi connectivity index (χ3n) is 3.07. The second kappa shape index (κ2) is 8.95. The third kappa shape index (κ3) is 7.79. The van der Waals surface area contributed by atoms with Crippen LogP contribution in [0.1, 0.15) is 45.4 Å². The van der Waals surface area contributed by atoms with Gasteiger partial charge in [-0.2, -0.15) is 8.42 Å². The molecule has 0 saturated heterocycles. The highest BCUT2D eigenvalue weighted by Crippen LogP contribution is 2.10. The van der Waals surface area contributed by atoms with Crippen molar-refractivity contribution in [2.24, 2.45) is 0 Å². The summed E-state index contributed by atoms with van der Waals surface area (Å²) in [6, 6.07) is 5.99. The first kappa shape index (κ1) is 21.9. The molecule has 1 heterocycles. The van der Waals surface area contributed by atoms with Crippen molar-refractivity contribution in [1.29, 1.82) is 0 Å². The minimum absolute atomic E-state index is 0.0666. The molecule has 2 rings (SSSR count). The number of ether oxygens (including phenoxy) is 1. The fourth-order valence-corrected chi connectivity index (χ4v) is 2.35. The molecule has 144 valence electrons. The van der Waals surface area contributed by atoms with E-state index in [4.69, 9.17) is 9.29 Å². The van der Waals surface area contributed by atoms with Crippen LogP contribution >= 0.6 is 0 Å². The molecular weight excluding hydrogens is 356 g/mol. The van der Waals surface area contributed by atoms with Crippen molar-refractivity contribution in [2.45, 2.75) is 58.0 Å². The normalized spacial score (nSPS) is 11.5. The topological polar surface area (TPSA) is 98.5 Å². The number of aromatic nitrogens is 2. The third-order valence-corrected chi connectivity index (χ3v) is 3.93. The van der Waals surface area contributed by atoms with Gasteiger partial charge in [0.2, 0.25) is 0 Å². The van der Waals surface area contributed by atoms with Gasteiger partial charge in [-0.3, -0.25) is 4.55 Å². The number of carbonyl (C=O) groups is 1. The van der Waals surface area contributed by atoms with E-state index in [0.717, 1.165) is 24.1 Å². The quantitative estimate of drug-likeness (QED) is 0.809. The predicted molar refractivity (Wildman–Crippen MR) is 98.8 cm³/mol. The average Bonchev–Trinajstić information content (AvgIpc) is 2.95. The molecule has 1 aromatic heterocycles. The number of imidazole rings is 1. The van der Waals surface area contributed by atoms with Gasteiger partial charge in [0.05, 0.1) is 10.6 Å². The van der Waals surface area contributed by atoms with E-state index in [2.05, 4.69) is 11.9 Å². The maximum atomic E-state index is 11.6. The molecule has 0 spiro atoms. The molecular formula is C18H26N2O5S. The highest BCUT2D eigenvalue weighted by Gasteiger charge is 2.17. The predicted octanol–water partition coefficient (Wildman–Crippen LogP) is 3.86. The van der Waals surface area contributed by atoms with Crippen LogP contribution in [-0.2, 0) is 21.3 Å². The van der Waals surface area contributed by atoms with Crippen LogP contribution in [0.5, 0.6) is 0 Å². The largest absolute Gasteiger partial charge is 0.443 e. The van der Waals surface area contributed by atoms with Crippen LogP contribution in [0.2, 0.25) is 0 Å². The Kier molecular flexibility index (Phi) is 7.53. The van der Waals surface area contributed by atoms with E-state index in [1.54, 1.807) is 18.3 Å². The number of benzene rings is 1. The minimum atomic E-state index is -4.02. The summed E-state index contributed by atoms with van der Waals surface area (Å²) in [4.78, 5) is 15.6. The molecule has 0 atom stereocenters. The second-order valence-corrected chi connectivity index (χ2v) is 8.21. The summed E-state index contributed by atoms with van der Waals surface area (Å²) in [7, 11) is -4.02. The summed E-state index contributed by atoms with van der Waals surface area (Å²) in [6.45, 7) is 9.44. The number of carbonyl (C=O) groups excluding carboxylic acids is 1. The van der Waals surface area contributed by atoms with Gasteiger partial charge in [-0.1, -0.05) is 31.0 Å².